The minimum atomic E-state index is -0.175. The minimum absolute atomic E-state index is 0.175. The van der Waals surface area contributed by atoms with E-state index in [1.54, 1.807) is 24.2 Å². The van der Waals surface area contributed by atoms with Gasteiger partial charge in [-0.3, -0.25) is 9.48 Å². The summed E-state index contributed by atoms with van der Waals surface area (Å²) in [6.45, 7) is 1.61. The Balaban J connectivity index is 1.80. The van der Waals surface area contributed by atoms with Crippen LogP contribution in [0, 0.1) is 0 Å². The molecule has 2 aromatic carbocycles. The molecule has 3 rings (SSSR count). The Morgan fingerprint density at radius 2 is 2.12 bits per heavy atom. The van der Waals surface area contributed by atoms with Gasteiger partial charge in [0.05, 0.1) is 25.4 Å². The van der Waals surface area contributed by atoms with Crippen LogP contribution in [0.3, 0.4) is 0 Å². The lowest BCUT2D eigenvalue weighted by atomic mass is 10.1. The molecule has 1 N–H and O–H groups in total. The lowest BCUT2D eigenvalue weighted by Crippen LogP contribution is -2.18. The number of hydrogen-bond donors (Lipinski definition) is 1. The molecule has 0 aliphatic rings. The van der Waals surface area contributed by atoms with Crippen LogP contribution in [-0.4, -0.2) is 48.3 Å². The van der Waals surface area contributed by atoms with Crippen LogP contribution in [0.2, 0.25) is 0 Å². The van der Waals surface area contributed by atoms with Gasteiger partial charge in [0.15, 0.2) is 0 Å². The first-order valence-corrected chi connectivity index (χ1v) is 8.12. The molecular formula is C19H22N4O2. The average molecular weight is 338 g/mol. The van der Waals surface area contributed by atoms with Crippen LogP contribution in [0.4, 0.5) is 5.69 Å². The second-order valence-corrected chi connectivity index (χ2v) is 6.14. The van der Waals surface area contributed by atoms with Gasteiger partial charge in [-0.2, -0.15) is 5.10 Å². The number of carbonyl (C=O) groups excluding carboxylic acids is 1. The second-order valence-electron chi connectivity index (χ2n) is 6.14. The smallest absolute Gasteiger partial charge is 0.258 e. The van der Waals surface area contributed by atoms with E-state index in [4.69, 9.17) is 4.74 Å². The molecule has 6 heteroatoms. The van der Waals surface area contributed by atoms with Gasteiger partial charge in [0.1, 0.15) is 5.75 Å². The topological polar surface area (TPSA) is 59.4 Å². The minimum Gasteiger partial charge on any atom is -0.497 e. The number of rotatable bonds is 6. The van der Waals surface area contributed by atoms with Crippen molar-refractivity contribution in [3.8, 4) is 5.75 Å². The number of nitrogens with one attached hydrogen (secondary N) is 1. The quantitative estimate of drug-likeness (QED) is 0.751. The predicted molar refractivity (Wildman–Crippen MR) is 99.2 cm³/mol. The third-order valence-electron chi connectivity index (χ3n) is 4.01. The summed E-state index contributed by atoms with van der Waals surface area (Å²) < 4.78 is 7.07. The van der Waals surface area contributed by atoms with Gasteiger partial charge in [-0.15, -0.1) is 0 Å². The largest absolute Gasteiger partial charge is 0.497 e. The number of anilines is 1. The molecule has 0 saturated heterocycles. The molecule has 1 amide bonds. The van der Waals surface area contributed by atoms with Crippen molar-refractivity contribution in [1.82, 2.24) is 14.7 Å². The van der Waals surface area contributed by atoms with Gasteiger partial charge in [0.25, 0.3) is 5.91 Å². The molecule has 1 aromatic heterocycles. The predicted octanol–water partition coefficient (Wildman–Crippen LogP) is 2.86. The summed E-state index contributed by atoms with van der Waals surface area (Å²) in [5.74, 6) is 0.581. The molecule has 3 aromatic rings. The number of methoxy groups -OCH3 is 1. The van der Waals surface area contributed by atoms with Gasteiger partial charge in [-0.1, -0.05) is 18.2 Å². The number of nitrogens with zero attached hydrogens (tertiary/aromatic N) is 3. The first-order valence-electron chi connectivity index (χ1n) is 8.12. The zero-order chi connectivity index (χ0) is 17.8. The molecule has 0 aliphatic heterocycles. The van der Waals surface area contributed by atoms with Crippen molar-refractivity contribution in [2.45, 2.75) is 6.54 Å². The van der Waals surface area contributed by atoms with E-state index < -0.39 is 0 Å². The Kier molecular flexibility index (Phi) is 5.00. The van der Waals surface area contributed by atoms with Crippen LogP contribution in [0.15, 0.2) is 48.8 Å². The first kappa shape index (κ1) is 17.0. The van der Waals surface area contributed by atoms with E-state index in [1.165, 1.54) is 0 Å². The molecule has 0 saturated carbocycles. The fraction of sp³-hybridized carbons (Fsp3) is 0.263. The lowest BCUT2D eigenvalue weighted by molar-refractivity contribution is 0.102. The van der Waals surface area contributed by atoms with Crippen molar-refractivity contribution in [1.29, 1.82) is 0 Å². The van der Waals surface area contributed by atoms with Crippen LogP contribution in [0.1, 0.15) is 10.4 Å². The molecule has 0 radical (unpaired) electrons. The Bertz CT molecular complexity index is 886. The highest BCUT2D eigenvalue weighted by molar-refractivity contribution is 6.09. The van der Waals surface area contributed by atoms with Crippen molar-refractivity contribution in [3.05, 3.63) is 54.4 Å². The molecule has 0 atom stereocenters. The third kappa shape index (κ3) is 3.97. The highest BCUT2D eigenvalue weighted by Crippen LogP contribution is 2.27. The van der Waals surface area contributed by atoms with Gasteiger partial charge < -0.3 is 15.0 Å². The summed E-state index contributed by atoms with van der Waals surface area (Å²) >= 11 is 0. The molecule has 0 aliphatic carbocycles. The Hall–Kier alpha value is -2.86. The summed E-state index contributed by atoms with van der Waals surface area (Å²) in [5, 5.41) is 9.20. The molecule has 0 fully saturated rings. The van der Waals surface area contributed by atoms with Gasteiger partial charge in [0.2, 0.25) is 0 Å². The lowest BCUT2D eigenvalue weighted by Gasteiger charge is -2.10. The third-order valence-corrected chi connectivity index (χ3v) is 4.01. The Morgan fingerprint density at radius 1 is 1.28 bits per heavy atom. The molecule has 0 unspecified atom stereocenters. The van der Waals surface area contributed by atoms with Crippen LogP contribution in [0.5, 0.6) is 5.75 Å². The number of carbonyl (C=O) groups is 1. The molecule has 130 valence electrons. The Morgan fingerprint density at radius 3 is 2.88 bits per heavy atom. The van der Waals surface area contributed by atoms with Gasteiger partial charge in [-0.05, 0) is 37.7 Å². The van der Waals surface area contributed by atoms with Gasteiger partial charge in [-0.25, -0.2) is 0 Å². The SMILES string of the molecule is COc1ccc2cccc(NC(=O)c3cnn(CCN(C)C)c3)c2c1. The van der Waals surface area contributed by atoms with E-state index in [-0.39, 0.29) is 5.91 Å². The highest BCUT2D eigenvalue weighted by Gasteiger charge is 2.11. The highest BCUT2D eigenvalue weighted by atomic mass is 16.5. The fourth-order valence-corrected chi connectivity index (χ4v) is 2.59. The molecule has 25 heavy (non-hydrogen) atoms. The van der Waals surface area contributed by atoms with Crippen molar-refractivity contribution in [2.24, 2.45) is 0 Å². The summed E-state index contributed by atoms with van der Waals surface area (Å²) in [7, 11) is 5.64. The van der Waals surface area contributed by atoms with E-state index >= 15 is 0 Å². The number of fused-ring (bicyclic) bond motifs is 1. The van der Waals surface area contributed by atoms with Crippen LogP contribution in [0.25, 0.3) is 10.8 Å². The van der Waals surface area contributed by atoms with E-state index in [2.05, 4.69) is 15.3 Å². The van der Waals surface area contributed by atoms with E-state index in [9.17, 15) is 4.79 Å². The van der Waals surface area contributed by atoms with E-state index in [1.807, 2.05) is 50.5 Å². The van der Waals surface area contributed by atoms with Crippen LogP contribution < -0.4 is 10.1 Å². The Labute approximate surface area is 147 Å². The number of amides is 1. The maximum Gasteiger partial charge on any atom is 0.258 e. The zero-order valence-corrected chi connectivity index (χ0v) is 14.7. The molecule has 1 heterocycles. The number of ether oxygens (including phenoxy) is 1. The first-order chi connectivity index (χ1) is 12.1. The van der Waals surface area contributed by atoms with Crippen LogP contribution >= 0.6 is 0 Å². The molecular weight excluding hydrogens is 316 g/mol. The molecule has 0 bridgehead atoms. The number of hydrogen-bond acceptors (Lipinski definition) is 4. The normalized spacial score (nSPS) is 11.0. The fourth-order valence-electron chi connectivity index (χ4n) is 2.59. The van der Waals surface area contributed by atoms with Gasteiger partial charge in [0, 0.05) is 23.8 Å². The second kappa shape index (κ2) is 7.36. The van der Waals surface area contributed by atoms with Crippen molar-refractivity contribution < 1.29 is 9.53 Å². The van der Waals surface area contributed by atoms with E-state index in [0.717, 1.165) is 35.3 Å². The zero-order valence-electron chi connectivity index (χ0n) is 14.7. The maximum atomic E-state index is 12.6. The van der Waals surface area contributed by atoms with Crippen LogP contribution in [-0.2, 0) is 6.54 Å². The summed E-state index contributed by atoms with van der Waals surface area (Å²) in [6.07, 6.45) is 3.36. The monoisotopic (exact) mass is 338 g/mol. The van der Waals surface area contributed by atoms with Crippen molar-refractivity contribution >= 4 is 22.4 Å². The summed E-state index contributed by atoms with van der Waals surface area (Å²) in [5.41, 5.74) is 1.29. The van der Waals surface area contributed by atoms with Gasteiger partial charge >= 0.3 is 0 Å². The standard InChI is InChI=1S/C19H22N4O2/c1-22(2)9-10-23-13-15(12-20-23)19(24)21-18-6-4-5-14-7-8-16(25-3)11-17(14)18/h4-8,11-13H,9-10H2,1-3H3,(H,21,24). The maximum absolute atomic E-state index is 12.6. The van der Waals surface area contributed by atoms with Crippen molar-refractivity contribution in [3.63, 3.8) is 0 Å². The number of benzene rings is 2. The summed E-state index contributed by atoms with van der Waals surface area (Å²) in [4.78, 5) is 14.6. The molecule has 6 nitrogen and oxygen atoms in total. The number of aromatic nitrogens is 2. The molecule has 0 spiro atoms. The number of likely N-dealkylation sites (N-methyl/N-ethyl adjacent to an activating group) is 1. The average Bonchev–Trinajstić information content (AvgIpc) is 3.09. The van der Waals surface area contributed by atoms with E-state index in [0.29, 0.717) is 5.56 Å². The summed E-state index contributed by atoms with van der Waals surface area (Å²) in [6, 6.07) is 11.6. The van der Waals surface area contributed by atoms with Crippen molar-refractivity contribution in [2.75, 3.05) is 33.1 Å².